The Labute approximate surface area is 171 Å². The van der Waals surface area contributed by atoms with Crippen molar-refractivity contribution >= 4 is 64.2 Å². The quantitative estimate of drug-likeness (QED) is 0.638. The van der Waals surface area contributed by atoms with Crippen molar-refractivity contribution in [3.63, 3.8) is 0 Å². The summed E-state index contributed by atoms with van der Waals surface area (Å²) in [5, 5.41) is 1.90. The summed E-state index contributed by atoms with van der Waals surface area (Å²) in [5.74, 6) is 0.611. The number of hydrogen-bond donors (Lipinski definition) is 0. The highest BCUT2D eigenvalue weighted by atomic mass is 35.5. The smallest absolute Gasteiger partial charge is 0.246 e. The number of amides is 1. The number of rotatable bonds is 3. The molecule has 0 spiro atoms. The van der Waals surface area contributed by atoms with Crippen LogP contribution >= 0.6 is 46.4 Å². The van der Waals surface area contributed by atoms with Crippen LogP contribution in [0.5, 0.6) is 0 Å². The Morgan fingerprint density at radius 1 is 1.04 bits per heavy atom. The van der Waals surface area contributed by atoms with E-state index in [2.05, 4.69) is 4.98 Å². The third-order valence-corrected chi connectivity index (χ3v) is 5.38. The molecule has 8 heteroatoms. The topological polar surface area (TPSA) is 36.4 Å². The standard InChI is InChI=1S/C18H15Cl4N3O/c19-13-10-15(21)18(23-11-13)25-8-6-24(7-9-25)16(26)5-4-12-2-1-3-14(20)17(12)22/h1-5,10-11H,6-9H2/b5-4+. The SMILES string of the molecule is O=C(/C=C/c1cccc(Cl)c1Cl)N1CCN(c2ncc(Cl)cc2Cl)CC1. The summed E-state index contributed by atoms with van der Waals surface area (Å²) in [7, 11) is 0. The lowest BCUT2D eigenvalue weighted by Gasteiger charge is -2.35. The molecule has 3 rings (SSSR count). The fourth-order valence-electron chi connectivity index (χ4n) is 2.69. The average Bonchev–Trinajstić information content (AvgIpc) is 2.63. The second-order valence-electron chi connectivity index (χ2n) is 5.75. The molecule has 0 unspecified atom stereocenters. The van der Waals surface area contributed by atoms with Crippen molar-refractivity contribution in [3.8, 4) is 0 Å². The molecule has 136 valence electrons. The summed E-state index contributed by atoms with van der Waals surface area (Å²) in [6.07, 6.45) is 4.76. The minimum atomic E-state index is -0.0733. The van der Waals surface area contributed by atoms with Gasteiger partial charge in [0.2, 0.25) is 5.91 Å². The number of nitrogens with zero attached hydrogens (tertiary/aromatic N) is 3. The maximum Gasteiger partial charge on any atom is 0.246 e. The third kappa shape index (κ3) is 4.44. The zero-order valence-electron chi connectivity index (χ0n) is 13.6. The number of anilines is 1. The van der Waals surface area contributed by atoms with Crippen molar-refractivity contribution < 1.29 is 4.79 Å². The first-order valence-corrected chi connectivity index (χ1v) is 9.44. The number of piperazine rings is 1. The van der Waals surface area contributed by atoms with Gasteiger partial charge in [-0.3, -0.25) is 4.79 Å². The molecule has 1 aliphatic rings. The molecule has 2 heterocycles. The van der Waals surface area contributed by atoms with Crippen molar-refractivity contribution in [2.75, 3.05) is 31.1 Å². The van der Waals surface area contributed by atoms with Gasteiger partial charge in [-0.1, -0.05) is 58.5 Å². The van der Waals surface area contributed by atoms with E-state index in [-0.39, 0.29) is 5.91 Å². The molecule has 1 saturated heterocycles. The van der Waals surface area contributed by atoms with Gasteiger partial charge in [-0.15, -0.1) is 0 Å². The highest BCUT2D eigenvalue weighted by molar-refractivity contribution is 6.43. The Morgan fingerprint density at radius 2 is 1.77 bits per heavy atom. The summed E-state index contributed by atoms with van der Waals surface area (Å²) >= 11 is 24.2. The molecule has 1 amide bonds. The molecule has 1 fully saturated rings. The van der Waals surface area contributed by atoms with Gasteiger partial charge in [0.1, 0.15) is 5.82 Å². The molecular weight excluding hydrogens is 416 g/mol. The van der Waals surface area contributed by atoms with Gasteiger partial charge in [0.25, 0.3) is 0 Å². The number of carbonyl (C=O) groups excluding carboxylic acids is 1. The molecule has 4 nitrogen and oxygen atoms in total. The van der Waals surface area contributed by atoms with Gasteiger partial charge in [-0.2, -0.15) is 0 Å². The number of carbonyl (C=O) groups is 1. The van der Waals surface area contributed by atoms with Gasteiger partial charge in [-0.25, -0.2) is 4.98 Å². The van der Waals surface area contributed by atoms with Crippen LogP contribution in [0.4, 0.5) is 5.82 Å². The van der Waals surface area contributed by atoms with Crippen LogP contribution < -0.4 is 4.90 Å². The highest BCUT2D eigenvalue weighted by Crippen LogP contribution is 2.28. The first kappa shape index (κ1) is 19.3. The van der Waals surface area contributed by atoms with Crippen molar-refractivity contribution in [2.45, 2.75) is 0 Å². The van der Waals surface area contributed by atoms with E-state index in [0.717, 1.165) is 0 Å². The molecule has 1 aromatic carbocycles. The number of aromatic nitrogens is 1. The largest absolute Gasteiger partial charge is 0.352 e. The van der Waals surface area contributed by atoms with Crippen LogP contribution in [0.2, 0.25) is 20.1 Å². The van der Waals surface area contributed by atoms with E-state index in [0.29, 0.717) is 57.7 Å². The Balaban J connectivity index is 1.61. The summed E-state index contributed by atoms with van der Waals surface area (Å²) in [4.78, 5) is 20.5. The van der Waals surface area contributed by atoms with E-state index in [1.807, 2.05) is 11.0 Å². The zero-order valence-corrected chi connectivity index (χ0v) is 16.7. The monoisotopic (exact) mass is 429 g/mol. The molecule has 0 radical (unpaired) electrons. The molecule has 0 bridgehead atoms. The van der Waals surface area contributed by atoms with Gasteiger partial charge in [-0.05, 0) is 23.8 Å². The average molecular weight is 431 g/mol. The lowest BCUT2D eigenvalue weighted by atomic mass is 10.2. The van der Waals surface area contributed by atoms with Crippen molar-refractivity contribution in [1.82, 2.24) is 9.88 Å². The first-order chi connectivity index (χ1) is 12.5. The van der Waals surface area contributed by atoms with E-state index in [1.165, 1.54) is 6.08 Å². The van der Waals surface area contributed by atoms with Crippen LogP contribution in [-0.4, -0.2) is 42.0 Å². The molecule has 2 aromatic rings. The Morgan fingerprint density at radius 3 is 2.46 bits per heavy atom. The molecule has 0 aliphatic carbocycles. The maximum atomic E-state index is 12.4. The predicted octanol–water partition coefficient (Wildman–Crippen LogP) is 5.06. The van der Waals surface area contributed by atoms with Gasteiger partial charge in [0.05, 0.1) is 20.1 Å². The number of benzene rings is 1. The lowest BCUT2D eigenvalue weighted by Crippen LogP contribution is -2.48. The van der Waals surface area contributed by atoms with E-state index in [1.54, 1.807) is 35.4 Å². The number of halogens is 4. The van der Waals surface area contributed by atoms with Crippen molar-refractivity contribution in [3.05, 3.63) is 62.2 Å². The number of pyridine rings is 1. The molecule has 0 atom stereocenters. The molecule has 1 aliphatic heterocycles. The normalized spacial score (nSPS) is 14.9. The van der Waals surface area contributed by atoms with E-state index < -0.39 is 0 Å². The minimum Gasteiger partial charge on any atom is -0.352 e. The van der Waals surface area contributed by atoms with Crippen LogP contribution in [0.15, 0.2) is 36.5 Å². The van der Waals surface area contributed by atoms with E-state index in [4.69, 9.17) is 46.4 Å². The third-order valence-electron chi connectivity index (χ3n) is 4.07. The Hall–Kier alpha value is -1.46. The second kappa shape index (κ2) is 8.49. The van der Waals surface area contributed by atoms with Crippen LogP contribution in [0, 0.1) is 0 Å². The predicted molar refractivity (Wildman–Crippen MR) is 109 cm³/mol. The van der Waals surface area contributed by atoms with Gasteiger partial charge >= 0.3 is 0 Å². The zero-order chi connectivity index (χ0) is 18.7. The van der Waals surface area contributed by atoms with Crippen LogP contribution in [0.1, 0.15) is 5.56 Å². The first-order valence-electron chi connectivity index (χ1n) is 7.92. The molecule has 26 heavy (non-hydrogen) atoms. The summed E-state index contributed by atoms with van der Waals surface area (Å²) in [6.45, 7) is 2.44. The Kier molecular flexibility index (Phi) is 6.30. The highest BCUT2D eigenvalue weighted by Gasteiger charge is 2.22. The molecular formula is C18H15Cl4N3O. The maximum absolute atomic E-state index is 12.4. The van der Waals surface area contributed by atoms with Crippen molar-refractivity contribution in [2.24, 2.45) is 0 Å². The van der Waals surface area contributed by atoms with E-state index in [9.17, 15) is 4.79 Å². The lowest BCUT2D eigenvalue weighted by molar-refractivity contribution is -0.126. The van der Waals surface area contributed by atoms with Gasteiger partial charge in [0.15, 0.2) is 0 Å². The van der Waals surface area contributed by atoms with Crippen LogP contribution in [0.25, 0.3) is 6.08 Å². The summed E-state index contributed by atoms with van der Waals surface area (Å²) in [5.41, 5.74) is 0.711. The summed E-state index contributed by atoms with van der Waals surface area (Å²) in [6, 6.07) is 6.97. The fraction of sp³-hybridized carbons (Fsp3) is 0.222. The molecule has 0 saturated carbocycles. The van der Waals surface area contributed by atoms with Gasteiger partial charge in [0, 0.05) is 38.5 Å². The minimum absolute atomic E-state index is 0.0733. The summed E-state index contributed by atoms with van der Waals surface area (Å²) < 4.78 is 0. The van der Waals surface area contributed by atoms with E-state index >= 15 is 0 Å². The number of hydrogen-bond acceptors (Lipinski definition) is 3. The molecule has 1 aromatic heterocycles. The molecule has 0 N–H and O–H groups in total. The van der Waals surface area contributed by atoms with Gasteiger partial charge < -0.3 is 9.80 Å². The van der Waals surface area contributed by atoms with Crippen molar-refractivity contribution in [1.29, 1.82) is 0 Å². The van der Waals surface area contributed by atoms with Crippen LogP contribution in [-0.2, 0) is 4.79 Å². The van der Waals surface area contributed by atoms with Crippen LogP contribution in [0.3, 0.4) is 0 Å². The second-order valence-corrected chi connectivity index (χ2v) is 7.38. The Bertz CT molecular complexity index is 848. The fourth-order valence-corrected chi connectivity index (χ4v) is 3.56.